The van der Waals surface area contributed by atoms with Crippen LogP contribution in [-0.4, -0.2) is 33.7 Å². The SMILES string of the molecule is C=C(C(=O)OCC)C(O)c1cc(C)c(C(=O)O)nc1Cl. The van der Waals surface area contributed by atoms with Gasteiger partial charge in [-0.3, -0.25) is 0 Å². The Labute approximate surface area is 120 Å². The summed E-state index contributed by atoms with van der Waals surface area (Å²) in [5, 5.41) is 18.8. The Morgan fingerprint density at radius 1 is 1.55 bits per heavy atom. The minimum atomic E-state index is -1.41. The van der Waals surface area contributed by atoms with E-state index in [1.807, 2.05) is 0 Å². The zero-order valence-electron chi connectivity index (χ0n) is 11.0. The van der Waals surface area contributed by atoms with Gasteiger partial charge in [-0.05, 0) is 25.5 Å². The number of halogens is 1. The van der Waals surface area contributed by atoms with Gasteiger partial charge in [0.1, 0.15) is 11.3 Å². The number of carbonyl (C=O) groups excluding carboxylic acids is 1. The second kappa shape index (κ2) is 6.49. The number of hydrogen-bond acceptors (Lipinski definition) is 5. The normalized spacial score (nSPS) is 11.8. The summed E-state index contributed by atoms with van der Waals surface area (Å²) < 4.78 is 4.72. The van der Waals surface area contributed by atoms with Crippen LogP contribution in [0.3, 0.4) is 0 Å². The van der Waals surface area contributed by atoms with Crippen molar-refractivity contribution in [2.75, 3.05) is 6.61 Å². The highest BCUT2D eigenvalue weighted by Gasteiger charge is 2.24. The second-order valence-electron chi connectivity index (χ2n) is 3.99. The molecule has 0 saturated carbocycles. The summed E-state index contributed by atoms with van der Waals surface area (Å²) in [5.41, 5.74) is 0.00514. The van der Waals surface area contributed by atoms with E-state index >= 15 is 0 Å². The molecule has 0 spiro atoms. The third-order valence-corrected chi connectivity index (χ3v) is 2.86. The van der Waals surface area contributed by atoms with Gasteiger partial charge in [0.25, 0.3) is 0 Å². The van der Waals surface area contributed by atoms with Gasteiger partial charge in [0.2, 0.25) is 0 Å². The second-order valence-corrected chi connectivity index (χ2v) is 4.35. The number of aromatic carboxylic acids is 1. The standard InChI is InChI=1S/C13H14ClNO5/c1-4-20-13(19)7(3)10(16)8-5-6(2)9(12(17)18)15-11(8)14/h5,10,16H,3-4H2,1-2H3,(H,17,18). The monoisotopic (exact) mass is 299 g/mol. The van der Waals surface area contributed by atoms with E-state index in [4.69, 9.17) is 21.4 Å². The predicted octanol–water partition coefficient (Wildman–Crippen LogP) is 1.89. The quantitative estimate of drug-likeness (QED) is 0.489. The molecule has 1 unspecified atom stereocenters. The Hall–Kier alpha value is -1.92. The van der Waals surface area contributed by atoms with Gasteiger partial charge in [0.05, 0.1) is 12.2 Å². The van der Waals surface area contributed by atoms with Crippen molar-refractivity contribution < 1.29 is 24.5 Å². The zero-order chi connectivity index (χ0) is 15.4. The molecule has 1 heterocycles. The number of rotatable bonds is 5. The highest BCUT2D eigenvalue weighted by molar-refractivity contribution is 6.30. The van der Waals surface area contributed by atoms with Crippen LogP contribution in [0.4, 0.5) is 0 Å². The number of carbonyl (C=O) groups is 2. The van der Waals surface area contributed by atoms with Gasteiger partial charge in [-0.25, -0.2) is 14.6 Å². The van der Waals surface area contributed by atoms with E-state index < -0.39 is 18.0 Å². The Bertz CT molecular complexity index is 570. The fourth-order valence-corrected chi connectivity index (χ4v) is 1.79. The average molecular weight is 300 g/mol. The van der Waals surface area contributed by atoms with Crippen LogP contribution in [0, 0.1) is 6.92 Å². The molecule has 1 rings (SSSR count). The number of pyridine rings is 1. The summed E-state index contributed by atoms with van der Waals surface area (Å²) >= 11 is 5.84. The first kappa shape index (κ1) is 16.1. The molecule has 0 amide bonds. The molecule has 7 heteroatoms. The Kier molecular flexibility index (Phi) is 5.24. The minimum Gasteiger partial charge on any atom is -0.477 e. The molecule has 1 aromatic rings. The molecule has 0 radical (unpaired) electrons. The lowest BCUT2D eigenvalue weighted by atomic mass is 10.0. The van der Waals surface area contributed by atoms with Crippen LogP contribution in [0.1, 0.15) is 34.6 Å². The molecule has 1 atom stereocenters. The first-order valence-electron chi connectivity index (χ1n) is 5.73. The third kappa shape index (κ3) is 3.34. The Morgan fingerprint density at radius 3 is 2.65 bits per heavy atom. The maximum absolute atomic E-state index is 11.5. The predicted molar refractivity (Wildman–Crippen MR) is 71.7 cm³/mol. The molecule has 0 fully saturated rings. The van der Waals surface area contributed by atoms with Gasteiger partial charge in [-0.15, -0.1) is 0 Å². The minimum absolute atomic E-state index is 0.104. The van der Waals surface area contributed by atoms with Gasteiger partial charge in [0.15, 0.2) is 5.69 Å². The first-order valence-corrected chi connectivity index (χ1v) is 6.11. The van der Waals surface area contributed by atoms with Crippen molar-refractivity contribution in [2.24, 2.45) is 0 Å². The summed E-state index contributed by atoms with van der Waals surface area (Å²) in [4.78, 5) is 26.1. The summed E-state index contributed by atoms with van der Waals surface area (Å²) in [6.07, 6.45) is -1.41. The van der Waals surface area contributed by atoms with Crippen LogP contribution in [0.2, 0.25) is 5.15 Å². The van der Waals surface area contributed by atoms with E-state index in [1.54, 1.807) is 6.92 Å². The highest BCUT2D eigenvalue weighted by atomic mass is 35.5. The van der Waals surface area contributed by atoms with E-state index in [2.05, 4.69) is 11.6 Å². The number of aromatic nitrogens is 1. The number of aryl methyl sites for hydroxylation is 1. The van der Waals surface area contributed by atoms with E-state index in [-0.39, 0.29) is 28.6 Å². The molecule has 0 aliphatic heterocycles. The summed E-state index contributed by atoms with van der Waals surface area (Å²) in [6.45, 7) is 6.73. The largest absolute Gasteiger partial charge is 0.477 e. The summed E-state index contributed by atoms with van der Waals surface area (Å²) in [6, 6.07) is 1.36. The first-order chi connectivity index (χ1) is 9.29. The molecule has 108 valence electrons. The third-order valence-electron chi connectivity index (χ3n) is 2.56. The Morgan fingerprint density at radius 2 is 2.15 bits per heavy atom. The number of aliphatic hydroxyl groups is 1. The van der Waals surface area contributed by atoms with Crippen molar-refractivity contribution in [1.82, 2.24) is 4.98 Å². The molecular weight excluding hydrogens is 286 g/mol. The molecule has 0 saturated heterocycles. The van der Waals surface area contributed by atoms with E-state index in [1.165, 1.54) is 13.0 Å². The van der Waals surface area contributed by atoms with Crippen LogP contribution in [0.5, 0.6) is 0 Å². The van der Waals surface area contributed by atoms with Crippen molar-refractivity contribution in [1.29, 1.82) is 0 Å². The Balaban J connectivity index is 3.14. The van der Waals surface area contributed by atoms with Crippen molar-refractivity contribution in [3.8, 4) is 0 Å². The molecule has 6 nitrogen and oxygen atoms in total. The fourth-order valence-electron chi connectivity index (χ4n) is 1.54. The molecule has 1 aromatic heterocycles. The van der Waals surface area contributed by atoms with Gasteiger partial charge in [-0.2, -0.15) is 0 Å². The molecule has 0 aliphatic carbocycles. The van der Waals surface area contributed by atoms with Crippen molar-refractivity contribution in [3.63, 3.8) is 0 Å². The van der Waals surface area contributed by atoms with E-state index in [0.29, 0.717) is 5.56 Å². The average Bonchev–Trinajstić information content (AvgIpc) is 2.39. The fraction of sp³-hybridized carbons (Fsp3) is 0.308. The molecular formula is C13H14ClNO5. The smallest absolute Gasteiger partial charge is 0.354 e. The van der Waals surface area contributed by atoms with Crippen LogP contribution in [0.25, 0.3) is 0 Å². The number of aliphatic hydroxyl groups excluding tert-OH is 1. The summed E-state index contributed by atoms with van der Waals surface area (Å²) in [7, 11) is 0. The molecule has 20 heavy (non-hydrogen) atoms. The zero-order valence-corrected chi connectivity index (χ0v) is 11.8. The lowest BCUT2D eigenvalue weighted by Crippen LogP contribution is -2.15. The topological polar surface area (TPSA) is 96.7 Å². The number of ether oxygens (including phenoxy) is 1. The summed E-state index contributed by atoms with van der Waals surface area (Å²) in [5.74, 6) is -1.98. The maximum Gasteiger partial charge on any atom is 0.354 e. The molecule has 0 aliphatic rings. The van der Waals surface area contributed by atoms with Crippen LogP contribution in [-0.2, 0) is 9.53 Å². The number of carboxylic acids is 1. The van der Waals surface area contributed by atoms with Crippen molar-refractivity contribution in [3.05, 3.63) is 40.2 Å². The highest BCUT2D eigenvalue weighted by Crippen LogP contribution is 2.28. The maximum atomic E-state index is 11.5. The van der Waals surface area contributed by atoms with E-state index in [0.717, 1.165) is 0 Å². The molecule has 0 bridgehead atoms. The van der Waals surface area contributed by atoms with Crippen LogP contribution < -0.4 is 0 Å². The van der Waals surface area contributed by atoms with Crippen LogP contribution >= 0.6 is 11.6 Å². The lowest BCUT2D eigenvalue weighted by molar-refractivity contribution is -0.139. The van der Waals surface area contributed by atoms with Crippen molar-refractivity contribution in [2.45, 2.75) is 20.0 Å². The van der Waals surface area contributed by atoms with E-state index in [9.17, 15) is 14.7 Å². The van der Waals surface area contributed by atoms with Gasteiger partial charge < -0.3 is 14.9 Å². The van der Waals surface area contributed by atoms with Crippen LogP contribution in [0.15, 0.2) is 18.2 Å². The molecule has 2 N–H and O–H groups in total. The van der Waals surface area contributed by atoms with Gasteiger partial charge >= 0.3 is 11.9 Å². The lowest BCUT2D eigenvalue weighted by Gasteiger charge is -2.15. The number of hydrogen-bond donors (Lipinski definition) is 2. The van der Waals surface area contributed by atoms with Gasteiger partial charge in [0, 0.05) is 5.56 Å². The van der Waals surface area contributed by atoms with Gasteiger partial charge in [-0.1, -0.05) is 18.2 Å². The molecule has 0 aromatic carbocycles. The number of carboxylic acid groups (broad SMARTS) is 1. The number of esters is 1. The van der Waals surface area contributed by atoms with Crippen molar-refractivity contribution >= 4 is 23.5 Å². The number of nitrogens with zero attached hydrogens (tertiary/aromatic N) is 1.